The van der Waals surface area contributed by atoms with E-state index in [4.69, 9.17) is 4.74 Å². The zero-order chi connectivity index (χ0) is 17.8. The summed E-state index contributed by atoms with van der Waals surface area (Å²) in [7, 11) is 0. The predicted molar refractivity (Wildman–Crippen MR) is 86.5 cm³/mol. The monoisotopic (exact) mass is 323 g/mol. The first-order valence-corrected chi connectivity index (χ1v) is 7.61. The van der Waals surface area contributed by atoms with E-state index in [2.05, 4.69) is 15.3 Å². The Morgan fingerprint density at radius 2 is 1.91 bits per heavy atom. The highest BCUT2D eigenvalue weighted by Gasteiger charge is 2.22. The fourth-order valence-corrected chi connectivity index (χ4v) is 1.90. The highest BCUT2D eigenvalue weighted by molar-refractivity contribution is 5.94. The Hall–Kier alpha value is -2.18. The molecule has 2 N–H and O–H groups in total. The number of esters is 1. The van der Waals surface area contributed by atoms with Gasteiger partial charge in [0.1, 0.15) is 11.4 Å². The summed E-state index contributed by atoms with van der Waals surface area (Å²) >= 11 is 0. The first-order chi connectivity index (χ1) is 10.5. The summed E-state index contributed by atoms with van der Waals surface area (Å²) in [6.07, 6.45) is -0.147. The van der Waals surface area contributed by atoms with Crippen molar-refractivity contribution in [2.24, 2.45) is 0 Å². The van der Waals surface area contributed by atoms with Crippen molar-refractivity contribution >= 4 is 11.9 Å². The van der Waals surface area contributed by atoms with Crippen LogP contribution in [-0.4, -0.2) is 34.5 Å². The molecule has 0 fully saturated rings. The molecule has 0 aromatic carbocycles. The number of amides is 1. The number of hydrogen-bond acceptors (Lipinski definition) is 5. The standard InChI is InChI=1S/C16H25N3O4/c1-9(2)23-11(20)7-8-17-13(21)12-10(3)18-15(16(4,5)6)19-14(12)22/h9H,7-8H2,1-6H3,(H,17,21)(H,18,19,22). The first kappa shape index (κ1) is 18.9. The molecule has 0 saturated heterocycles. The molecule has 1 aromatic heterocycles. The van der Waals surface area contributed by atoms with E-state index in [0.29, 0.717) is 11.5 Å². The summed E-state index contributed by atoms with van der Waals surface area (Å²) in [6.45, 7) is 11.0. The molecule has 0 saturated carbocycles. The molecule has 0 radical (unpaired) electrons. The summed E-state index contributed by atoms with van der Waals surface area (Å²) in [5.41, 5.74) is -0.472. The van der Waals surface area contributed by atoms with Gasteiger partial charge in [0.15, 0.2) is 0 Å². The lowest BCUT2D eigenvalue weighted by Gasteiger charge is -2.18. The molecule has 0 aliphatic heterocycles. The molecular formula is C16H25N3O4. The van der Waals surface area contributed by atoms with Gasteiger partial charge in [-0.05, 0) is 20.8 Å². The molecule has 1 aromatic rings. The maximum atomic E-state index is 12.1. The molecule has 1 rings (SSSR count). The van der Waals surface area contributed by atoms with Crippen LogP contribution < -0.4 is 10.9 Å². The van der Waals surface area contributed by atoms with E-state index in [9.17, 15) is 14.4 Å². The zero-order valence-electron chi connectivity index (χ0n) is 14.6. The fraction of sp³-hybridized carbons (Fsp3) is 0.625. The summed E-state index contributed by atoms with van der Waals surface area (Å²) in [5, 5.41) is 2.54. The van der Waals surface area contributed by atoms with E-state index in [1.54, 1.807) is 20.8 Å². The van der Waals surface area contributed by atoms with Crippen molar-refractivity contribution < 1.29 is 14.3 Å². The Morgan fingerprint density at radius 1 is 1.30 bits per heavy atom. The highest BCUT2D eigenvalue weighted by Crippen LogP contribution is 2.17. The minimum atomic E-state index is -0.547. The average Bonchev–Trinajstić information content (AvgIpc) is 2.35. The zero-order valence-corrected chi connectivity index (χ0v) is 14.6. The van der Waals surface area contributed by atoms with E-state index in [0.717, 1.165) is 0 Å². The number of aromatic nitrogens is 2. The summed E-state index contributed by atoms with van der Waals surface area (Å²) in [4.78, 5) is 42.6. The van der Waals surface area contributed by atoms with Crippen molar-refractivity contribution in [3.8, 4) is 0 Å². The number of H-pyrrole nitrogens is 1. The minimum absolute atomic E-state index is 0.0322. The molecule has 0 atom stereocenters. The average molecular weight is 323 g/mol. The molecule has 0 aliphatic rings. The van der Waals surface area contributed by atoms with Crippen molar-refractivity contribution in [2.75, 3.05) is 6.54 Å². The minimum Gasteiger partial charge on any atom is -0.463 e. The maximum Gasteiger partial charge on any atom is 0.307 e. The normalized spacial score (nSPS) is 11.4. The summed E-state index contributed by atoms with van der Waals surface area (Å²) in [6, 6.07) is 0. The third-order valence-corrected chi connectivity index (χ3v) is 3.02. The maximum absolute atomic E-state index is 12.1. The number of carbonyl (C=O) groups is 2. The Balaban J connectivity index is 2.78. The number of aryl methyl sites for hydroxylation is 1. The quantitative estimate of drug-likeness (QED) is 0.799. The van der Waals surface area contributed by atoms with Crippen LogP contribution in [0.4, 0.5) is 0 Å². The SMILES string of the molecule is Cc1nc(C(C)(C)C)[nH]c(=O)c1C(=O)NCCC(=O)OC(C)C. The van der Waals surface area contributed by atoms with Crippen LogP contribution in [0.15, 0.2) is 4.79 Å². The second-order valence-electron chi connectivity index (χ2n) is 6.67. The molecule has 7 nitrogen and oxygen atoms in total. The van der Waals surface area contributed by atoms with Crippen LogP contribution in [0.2, 0.25) is 0 Å². The van der Waals surface area contributed by atoms with Gasteiger partial charge in [-0.15, -0.1) is 0 Å². The third kappa shape index (κ3) is 5.50. The molecule has 1 amide bonds. The number of aromatic amines is 1. The topological polar surface area (TPSA) is 101 Å². The van der Waals surface area contributed by atoms with Gasteiger partial charge in [0.2, 0.25) is 0 Å². The van der Waals surface area contributed by atoms with Crippen molar-refractivity contribution in [3.63, 3.8) is 0 Å². The molecule has 1 heterocycles. The van der Waals surface area contributed by atoms with Gasteiger partial charge in [0, 0.05) is 12.0 Å². The molecular weight excluding hydrogens is 298 g/mol. The molecule has 0 bridgehead atoms. The van der Waals surface area contributed by atoms with Crippen molar-refractivity contribution in [1.29, 1.82) is 0 Å². The van der Waals surface area contributed by atoms with Gasteiger partial charge in [-0.2, -0.15) is 0 Å². The third-order valence-electron chi connectivity index (χ3n) is 3.02. The number of carbonyl (C=O) groups excluding carboxylic acids is 2. The Kier molecular flexibility index (Phi) is 6.06. The van der Waals surface area contributed by atoms with Gasteiger partial charge >= 0.3 is 5.97 Å². The largest absolute Gasteiger partial charge is 0.463 e. The second-order valence-corrected chi connectivity index (χ2v) is 6.67. The van der Waals surface area contributed by atoms with Gasteiger partial charge in [-0.25, -0.2) is 4.98 Å². The second kappa shape index (κ2) is 7.39. The molecule has 0 unspecified atom stereocenters. The number of nitrogens with one attached hydrogen (secondary N) is 2. The lowest BCUT2D eigenvalue weighted by molar-refractivity contribution is -0.147. The van der Waals surface area contributed by atoms with Crippen LogP contribution in [0, 0.1) is 6.92 Å². The Bertz CT molecular complexity index is 642. The van der Waals surface area contributed by atoms with E-state index in [1.165, 1.54) is 0 Å². The van der Waals surface area contributed by atoms with Gasteiger partial charge in [0.05, 0.1) is 18.2 Å². The lowest BCUT2D eigenvalue weighted by Crippen LogP contribution is -2.35. The van der Waals surface area contributed by atoms with Crippen LogP contribution >= 0.6 is 0 Å². The molecule has 128 valence electrons. The van der Waals surface area contributed by atoms with E-state index < -0.39 is 17.4 Å². The Labute approximate surface area is 135 Å². The van der Waals surface area contributed by atoms with Crippen LogP contribution in [0.5, 0.6) is 0 Å². The van der Waals surface area contributed by atoms with Gasteiger partial charge in [-0.3, -0.25) is 14.4 Å². The predicted octanol–water partition coefficient (Wildman–Crippen LogP) is 1.45. The van der Waals surface area contributed by atoms with Gasteiger partial charge in [0.25, 0.3) is 11.5 Å². The van der Waals surface area contributed by atoms with Crippen LogP contribution in [0.3, 0.4) is 0 Å². The van der Waals surface area contributed by atoms with E-state index in [1.807, 2.05) is 20.8 Å². The molecule has 0 aliphatic carbocycles. The van der Waals surface area contributed by atoms with Crippen LogP contribution in [0.25, 0.3) is 0 Å². The van der Waals surface area contributed by atoms with E-state index in [-0.39, 0.29) is 30.0 Å². The Morgan fingerprint density at radius 3 is 2.39 bits per heavy atom. The van der Waals surface area contributed by atoms with E-state index >= 15 is 0 Å². The van der Waals surface area contributed by atoms with Gasteiger partial charge < -0.3 is 15.0 Å². The molecule has 7 heteroatoms. The highest BCUT2D eigenvalue weighted by atomic mass is 16.5. The van der Waals surface area contributed by atoms with Crippen molar-refractivity contribution in [3.05, 3.63) is 27.4 Å². The van der Waals surface area contributed by atoms with Crippen LogP contribution in [0.1, 0.15) is 62.9 Å². The van der Waals surface area contributed by atoms with Crippen molar-refractivity contribution in [2.45, 2.75) is 59.5 Å². The fourth-order valence-electron chi connectivity index (χ4n) is 1.90. The smallest absolute Gasteiger partial charge is 0.307 e. The van der Waals surface area contributed by atoms with Crippen molar-refractivity contribution in [1.82, 2.24) is 15.3 Å². The summed E-state index contributed by atoms with van der Waals surface area (Å²) in [5.74, 6) is -0.418. The lowest BCUT2D eigenvalue weighted by atomic mass is 9.95. The van der Waals surface area contributed by atoms with Gasteiger partial charge in [-0.1, -0.05) is 20.8 Å². The van der Waals surface area contributed by atoms with Crippen LogP contribution in [-0.2, 0) is 14.9 Å². The number of nitrogens with zero attached hydrogens (tertiary/aromatic N) is 1. The summed E-state index contributed by atoms with van der Waals surface area (Å²) < 4.78 is 4.97. The number of hydrogen-bond donors (Lipinski definition) is 2. The molecule has 23 heavy (non-hydrogen) atoms. The first-order valence-electron chi connectivity index (χ1n) is 7.61. The number of ether oxygens (including phenoxy) is 1. The number of rotatable bonds is 5. The molecule has 0 spiro atoms.